The Morgan fingerprint density at radius 3 is 2.39 bits per heavy atom. The lowest BCUT2D eigenvalue weighted by atomic mass is 10.1. The standard InChI is InChI=1S/C21H15Cl2F3N8O2/c22-14-6-5-13(7-15(14)23)16-8-17(19(36)27-10-21(24,25)26)34(31-16)9-11-1-3-12(4-2-11)18(35)28-20-29-32-33-30-20/h1-8H,9-10H2,(H,27,36)(H2,28,29,30,32,33,35). The number of hydrogen-bond acceptors (Lipinski definition) is 6. The van der Waals surface area contributed by atoms with Crippen molar-refractivity contribution in [3.8, 4) is 11.3 Å². The molecule has 0 aliphatic heterocycles. The Bertz CT molecular complexity index is 1390. The number of benzene rings is 2. The van der Waals surface area contributed by atoms with Crippen molar-refractivity contribution >= 4 is 41.0 Å². The number of nitrogens with one attached hydrogen (secondary N) is 3. The van der Waals surface area contributed by atoms with Crippen molar-refractivity contribution in [2.45, 2.75) is 12.7 Å². The molecule has 0 bridgehead atoms. The van der Waals surface area contributed by atoms with Gasteiger partial charge in [0.05, 0.1) is 22.3 Å². The molecule has 0 aliphatic rings. The molecule has 15 heteroatoms. The van der Waals surface area contributed by atoms with Crippen LogP contribution in [0.2, 0.25) is 10.0 Å². The number of halogens is 5. The molecular weight excluding hydrogens is 524 g/mol. The van der Waals surface area contributed by atoms with E-state index >= 15 is 0 Å². The second kappa shape index (κ2) is 10.3. The first-order valence-corrected chi connectivity index (χ1v) is 10.9. The van der Waals surface area contributed by atoms with E-state index in [1.54, 1.807) is 24.3 Å². The van der Waals surface area contributed by atoms with Crippen molar-refractivity contribution in [1.82, 2.24) is 35.7 Å². The maximum absolute atomic E-state index is 12.6. The smallest absolute Gasteiger partial charge is 0.342 e. The number of anilines is 1. The molecule has 4 rings (SSSR count). The molecule has 0 fully saturated rings. The van der Waals surface area contributed by atoms with E-state index in [9.17, 15) is 22.8 Å². The van der Waals surface area contributed by atoms with E-state index in [1.165, 1.54) is 28.9 Å². The van der Waals surface area contributed by atoms with E-state index in [4.69, 9.17) is 23.2 Å². The lowest BCUT2D eigenvalue weighted by Crippen LogP contribution is -2.35. The van der Waals surface area contributed by atoms with Gasteiger partial charge < -0.3 is 5.32 Å². The van der Waals surface area contributed by atoms with E-state index in [0.717, 1.165) is 0 Å². The highest BCUT2D eigenvalue weighted by atomic mass is 35.5. The number of H-pyrrole nitrogens is 1. The monoisotopic (exact) mass is 538 g/mol. The van der Waals surface area contributed by atoms with E-state index < -0.39 is 24.5 Å². The zero-order chi connectivity index (χ0) is 25.9. The van der Waals surface area contributed by atoms with Crippen molar-refractivity contribution in [3.05, 3.63) is 75.4 Å². The highest BCUT2D eigenvalue weighted by Gasteiger charge is 2.29. The van der Waals surface area contributed by atoms with Gasteiger partial charge in [-0.2, -0.15) is 23.5 Å². The van der Waals surface area contributed by atoms with Gasteiger partial charge in [-0.05, 0) is 41.1 Å². The van der Waals surface area contributed by atoms with Crippen molar-refractivity contribution in [2.75, 3.05) is 11.9 Å². The summed E-state index contributed by atoms with van der Waals surface area (Å²) in [6.07, 6.45) is -4.58. The largest absolute Gasteiger partial charge is 0.405 e. The molecule has 2 amide bonds. The Morgan fingerprint density at radius 2 is 1.75 bits per heavy atom. The minimum Gasteiger partial charge on any atom is -0.342 e. The van der Waals surface area contributed by atoms with Crippen LogP contribution in [0, 0.1) is 0 Å². The molecule has 2 aromatic heterocycles. The maximum atomic E-state index is 12.6. The Morgan fingerprint density at radius 1 is 1.00 bits per heavy atom. The highest BCUT2D eigenvalue weighted by molar-refractivity contribution is 6.42. The van der Waals surface area contributed by atoms with Crippen LogP contribution >= 0.6 is 23.2 Å². The van der Waals surface area contributed by atoms with Crippen molar-refractivity contribution in [3.63, 3.8) is 0 Å². The van der Waals surface area contributed by atoms with Crippen LogP contribution in [0.25, 0.3) is 11.3 Å². The third-order valence-corrected chi connectivity index (χ3v) is 5.54. The molecule has 0 atom stereocenters. The van der Waals surface area contributed by atoms with Gasteiger partial charge in [-0.25, -0.2) is 0 Å². The van der Waals surface area contributed by atoms with Crippen LogP contribution < -0.4 is 10.6 Å². The predicted molar refractivity (Wildman–Crippen MR) is 124 cm³/mol. The summed E-state index contributed by atoms with van der Waals surface area (Å²) < 4.78 is 39.2. The number of hydrogen-bond donors (Lipinski definition) is 3. The zero-order valence-corrected chi connectivity index (χ0v) is 19.5. The molecule has 2 aromatic carbocycles. The second-order valence-corrected chi connectivity index (χ2v) is 8.20. The highest BCUT2D eigenvalue weighted by Crippen LogP contribution is 2.28. The first-order chi connectivity index (χ1) is 17.1. The summed E-state index contributed by atoms with van der Waals surface area (Å²) in [5, 5.41) is 22.1. The van der Waals surface area contributed by atoms with E-state index in [1.807, 2.05) is 5.32 Å². The summed E-state index contributed by atoms with van der Waals surface area (Å²) >= 11 is 12.0. The molecule has 2 heterocycles. The maximum Gasteiger partial charge on any atom is 0.405 e. The molecule has 0 spiro atoms. The Hall–Kier alpha value is -3.97. The molecule has 10 nitrogen and oxygen atoms in total. The molecule has 0 saturated heterocycles. The zero-order valence-electron chi connectivity index (χ0n) is 18.0. The Kier molecular flexibility index (Phi) is 7.22. The summed E-state index contributed by atoms with van der Waals surface area (Å²) in [7, 11) is 0. The minimum absolute atomic E-state index is 0.00459. The summed E-state index contributed by atoms with van der Waals surface area (Å²) in [6.45, 7) is -1.47. The number of aromatic nitrogens is 6. The number of nitrogens with zero attached hydrogens (tertiary/aromatic N) is 5. The van der Waals surface area contributed by atoms with Crippen LogP contribution in [0.1, 0.15) is 26.4 Å². The number of aromatic amines is 1. The van der Waals surface area contributed by atoms with E-state index in [-0.39, 0.29) is 23.2 Å². The minimum atomic E-state index is -4.58. The number of tetrazole rings is 1. The van der Waals surface area contributed by atoms with E-state index in [0.29, 0.717) is 27.4 Å². The molecule has 0 saturated carbocycles. The van der Waals surface area contributed by atoms with Gasteiger partial charge >= 0.3 is 6.18 Å². The van der Waals surface area contributed by atoms with Gasteiger partial charge in [0.2, 0.25) is 0 Å². The number of amides is 2. The van der Waals surface area contributed by atoms with Crippen LogP contribution in [0.3, 0.4) is 0 Å². The quantitative estimate of drug-likeness (QED) is 0.326. The first kappa shape index (κ1) is 25.1. The molecule has 3 N–H and O–H groups in total. The van der Waals surface area contributed by atoms with Crippen molar-refractivity contribution in [1.29, 1.82) is 0 Å². The van der Waals surface area contributed by atoms with Gasteiger partial charge in [0.15, 0.2) is 0 Å². The first-order valence-electron chi connectivity index (χ1n) is 10.1. The lowest BCUT2D eigenvalue weighted by molar-refractivity contribution is -0.123. The van der Waals surface area contributed by atoms with Gasteiger partial charge in [-0.15, -0.1) is 5.10 Å². The fraction of sp³-hybridized carbons (Fsp3) is 0.143. The molecule has 0 unspecified atom stereocenters. The third kappa shape index (κ3) is 6.17. The molecule has 0 radical (unpaired) electrons. The van der Waals surface area contributed by atoms with Gasteiger partial charge in [0.25, 0.3) is 17.8 Å². The summed E-state index contributed by atoms with van der Waals surface area (Å²) in [6, 6.07) is 12.3. The Labute approximate surface area is 210 Å². The summed E-state index contributed by atoms with van der Waals surface area (Å²) in [4.78, 5) is 24.8. The van der Waals surface area contributed by atoms with Gasteiger partial charge in [-0.3, -0.25) is 19.6 Å². The second-order valence-electron chi connectivity index (χ2n) is 7.39. The summed E-state index contributed by atoms with van der Waals surface area (Å²) in [5.74, 6) is -1.43. The van der Waals surface area contributed by atoms with Crippen LogP contribution in [0.5, 0.6) is 0 Å². The van der Waals surface area contributed by atoms with Crippen LogP contribution in [-0.2, 0) is 6.54 Å². The van der Waals surface area contributed by atoms with Crippen molar-refractivity contribution in [2.24, 2.45) is 0 Å². The Balaban J connectivity index is 1.58. The average Bonchev–Trinajstić information content (AvgIpc) is 3.49. The molecule has 0 aliphatic carbocycles. The fourth-order valence-corrected chi connectivity index (χ4v) is 3.41. The van der Waals surface area contributed by atoms with Crippen LogP contribution in [0.4, 0.5) is 19.1 Å². The van der Waals surface area contributed by atoms with Gasteiger partial charge in [0, 0.05) is 11.1 Å². The number of carbonyl (C=O) groups is 2. The normalized spacial score (nSPS) is 11.4. The van der Waals surface area contributed by atoms with Crippen LogP contribution in [0.15, 0.2) is 48.5 Å². The van der Waals surface area contributed by atoms with Gasteiger partial charge in [0.1, 0.15) is 12.2 Å². The fourth-order valence-electron chi connectivity index (χ4n) is 3.11. The number of carbonyl (C=O) groups excluding carboxylic acids is 2. The SMILES string of the molecule is O=C(Nc1nn[nH]n1)c1ccc(Cn2nc(-c3ccc(Cl)c(Cl)c3)cc2C(=O)NCC(F)(F)F)cc1. The topological polar surface area (TPSA) is 130 Å². The van der Waals surface area contributed by atoms with E-state index in [2.05, 4.69) is 31.0 Å². The third-order valence-electron chi connectivity index (χ3n) is 4.80. The molecule has 36 heavy (non-hydrogen) atoms. The molecule has 186 valence electrons. The predicted octanol–water partition coefficient (Wildman–Crippen LogP) is 3.96. The van der Waals surface area contributed by atoms with Crippen LogP contribution in [-0.4, -0.2) is 54.9 Å². The molecular formula is C21H15Cl2F3N8O2. The van der Waals surface area contributed by atoms with Gasteiger partial charge in [-0.1, -0.05) is 46.5 Å². The lowest BCUT2D eigenvalue weighted by Gasteiger charge is -2.10. The average molecular weight is 539 g/mol. The number of rotatable bonds is 7. The molecule has 4 aromatic rings. The summed E-state index contributed by atoms with van der Waals surface area (Å²) in [5.41, 5.74) is 1.64. The van der Waals surface area contributed by atoms with Crippen molar-refractivity contribution < 1.29 is 22.8 Å². The number of alkyl halides is 3.